The maximum atomic E-state index is 14.2. The zero-order chi connectivity index (χ0) is 20.5. The lowest BCUT2D eigenvalue weighted by atomic mass is 9.91. The van der Waals surface area contributed by atoms with Gasteiger partial charge in [0.25, 0.3) is 5.56 Å². The summed E-state index contributed by atoms with van der Waals surface area (Å²) in [4.78, 5) is 27.7. The third-order valence-electron chi connectivity index (χ3n) is 4.25. The summed E-state index contributed by atoms with van der Waals surface area (Å²) in [7, 11) is 0. The second kappa shape index (κ2) is 7.97. The fourth-order valence-corrected chi connectivity index (χ4v) is 4.51. The molecule has 0 saturated carbocycles. The summed E-state index contributed by atoms with van der Waals surface area (Å²) in [5.74, 6) is -0.442. The highest BCUT2D eigenvalue weighted by molar-refractivity contribution is 7.13. The van der Waals surface area contributed by atoms with Crippen molar-refractivity contribution in [1.82, 2.24) is 4.57 Å². The average molecular weight is 416 g/mol. The molecule has 0 atom stereocenters. The van der Waals surface area contributed by atoms with Crippen LogP contribution < -0.4 is 14.8 Å². The molecule has 3 nitrogen and oxygen atoms in total. The molecule has 6 heteroatoms. The van der Waals surface area contributed by atoms with Crippen molar-refractivity contribution in [3.63, 3.8) is 0 Å². The van der Waals surface area contributed by atoms with Crippen molar-refractivity contribution < 1.29 is 9.18 Å². The lowest BCUT2D eigenvalue weighted by molar-refractivity contribution is -0.120. The van der Waals surface area contributed by atoms with Gasteiger partial charge in [-0.1, -0.05) is 39.0 Å². The van der Waals surface area contributed by atoms with Crippen molar-refractivity contribution >= 4 is 40.6 Å². The summed E-state index contributed by atoms with van der Waals surface area (Å²) in [5, 5.41) is 0. The molecule has 2 heterocycles. The molecule has 146 valence electrons. The zero-order valence-corrected chi connectivity index (χ0v) is 17.9. The van der Waals surface area contributed by atoms with Crippen LogP contribution >= 0.6 is 22.7 Å². The highest BCUT2D eigenvalue weighted by Crippen LogP contribution is 2.16. The largest absolute Gasteiger partial charge is 0.294 e. The number of ketones is 1. The lowest BCUT2D eigenvalue weighted by Crippen LogP contribution is -2.33. The molecule has 28 heavy (non-hydrogen) atoms. The number of aryl methyl sites for hydroxylation is 1. The third-order valence-corrected chi connectivity index (χ3v) is 6.26. The van der Waals surface area contributed by atoms with Crippen molar-refractivity contribution in [3.05, 3.63) is 77.1 Å². The third kappa shape index (κ3) is 4.56. The van der Waals surface area contributed by atoms with Gasteiger partial charge in [0.2, 0.25) is 0 Å². The predicted octanol–water partition coefficient (Wildman–Crippen LogP) is 3.69. The number of thiophene rings is 1. The Morgan fingerprint density at radius 3 is 2.46 bits per heavy atom. The Balaban J connectivity index is 2.19. The molecule has 1 aromatic carbocycles. The number of benzene rings is 1. The standard InChI is InChI=1S/C22H22FNO2S2/c1-14-9-10-16(27-14)11-18-21(26)24(13-15-7-5-6-8-17(15)23)20(28-18)12-19(25)22(2,3)4/h5-12H,13H2,1-4H3/b18-11-,20-12-. The summed E-state index contributed by atoms with van der Waals surface area (Å²) in [6, 6.07) is 10.3. The first-order valence-electron chi connectivity index (χ1n) is 8.92. The Morgan fingerprint density at radius 2 is 1.86 bits per heavy atom. The van der Waals surface area contributed by atoms with Gasteiger partial charge in [0.15, 0.2) is 5.78 Å². The lowest BCUT2D eigenvalue weighted by Gasteiger charge is -2.13. The second-order valence-corrected chi connectivity index (χ2v) is 10.0. The second-order valence-electron chi connectivity index (χ2n) is 7.64. The quantitative estimate of drug-likeness (QED) is 0.652. The van der Waals surface area contributed by atoms with Gasteiger partial charge in [-0.25, -0.2) is 4.39 Å². The van der Waals surface area contributed by atoms with E-state index in [0.29, 0.717) is 14.8 Å². The fraction of sp³-hybridized carbons (Fsp3) is 0.273. The maximum absolute atomic E-state index is 14.2. The van der Waals surface area contributed by atoms with E-state index in [-0.39, 0.29) is 23.7 Å². The van der Waals surface area contributed by atoms with Gasteiger partial charge in [0.1, 0.15) is 10.5 Å². The van der Waals surface area contributed by atoms with E-state index in [1.165, 1.54) is 28.0 Å². The van der Waals surface area contributed by atoms with Gasteiger partial charge in [0, 0.05) is 26.8 Å². The van der Waals surface area contributed by atoms with Crippen LogP contribution in [0, 0.1) is 18.2 Å². The van der Waals surface area contributed by atoms with E-state index in [1.54, 1.807) is 29.5 Å². The van der Waals surface area contributed by atoms with Gasteiger partial charge in [-0.05, 0) is 31.2 Å². The Hall–Kier alpha value is -2.31. The molecule has 0 N–H and O–H groups in total. The van der Waals surface area contributed by atoms with Crippen molar-refractivity contribution in [2.24, 2.45) is 5.41 Å². The van der Waals surface area contributed by atoms with Crippen LogP contribution in [0.15, 0.2) is 41.2 Å². The summed E-state index contributed by atoms with van der Waals surface area (Å²) >= 11 is 2.86. The van der Waals surface area contributed by atoms with E-state index >= 15 is 0 Å². The van der Waals surface area contributed by atoms with Crippen molar-refractivity contribution in [2.45, 2.75) is 34.2 Å². The number of aromatic nitrogens is 1. The molecule has 0 saturated heterocycles. The van der Waals surface area contributed by atoms with Gasteiger partial charge in [-0.15, -0.1) is 22.7 Å². The van der Waals surface area contributed by atoms with Gasteiger partial charge in [-0.2, -0.15) is 0 Å². The first-order valence-corrected chi connectivity index (χ1v) is 10.6. The summed E-state index contributed by atoms with van der Waals surface area (Å²) in [6.07, 6.45) is 3.34. The minimum Gasteiger partial charge on any atom is -0.294 e. The van der Waals surface area contributed by atoms with Gasteiger partial charge in [0.05, 0.1) is 11.1 Å². The Bertz CT molecular complexity index is 1190. The van der Waals surface area contributed by atoms with Crippen LogP contribution in [0.25, 0.3) is 12.2 Å². The minimum atomic E-state index is -0.558. The number of halogens is 1. The highest BCUT2D eigenvalue weighted by atomic mass is 32.1. The van der Waals surface area contributed by atoms with Gasteiger partial charge >= 0.3 is 0 Å². The molecule has 0 aliphatic carbocycles. The number of carbonyl (C=O) groups is 1. The number of nitrogens with zero attached hydrogens (tertiary/aromatic N) is 1. The molecule has 0 radical (unpaired) electrons. The summed E-state index contributed by atoms with van der Waals surface area (Å²) in [6.45, 7) is 7.59. The van der Waals surface area contributed by atoms with E-state index in [2.05, 4.69) is 0 Å². The number of rotatable bonds is 4. The molecular weight excluding hydrogens is 393 g/mol. The van der Waals surface area contributed by atoms with Crippen molar-refractivity contribution in [2.75, 3.05) is 0 Å². The summed E-state index contributed by atoms with van der Waals surface area (Å²) in [5.41, 5.74) is -0.358. The van der Waals surface area contributed by atoms with Crippen LogP contribution in [-0.2, 0) is 11.3 Å². The molecule has 3 aromatic rings. The molecule has 0 spiro atoms. The fourth-order valence-electron chi connectivity index (χ4n) is 2.58. The molecule has 2 aromatic heterocycles. The summed E-state index contributed by atoms with van der Waals surface area (Å²) < 4.78 is 16.7. The van der Waals surface area contributed by atoms with Crippen LogP contribution in [0.5, 0.6) is 0 Å². The van der Waals surface area contributed by atoms with E-state index < -0.39 is 5.41 Å². The molecule has 0 bridgehead atoms. The first-order chi connectivity index (χ1) is 13.1. The van der Waals surface area contributed by atoms with E-state index in [4.69, 9.17) is 0 Å². The number of Topliss-reactive ketones (excluding diaryl/α,β-unsaturated/α-hetero) is 1. The Labute approximate surface area is 171 Å². The first kappa shape index (κ1) is 20.4. The zero-order valence-electron chi connectivity index (χ0n) is 16.3. The van der Waals surface area contributed by atoms with Crippen molar-refractivity contribution in [1.29, 1.82) is 0 Å². The highest BCUT2D eigenvalue weighted by Gasteiger charge is 2.19. The molecule has 3 rings (SSSR count). The van der Waals surface area contributed by atoms with Crippen molar-refractivity contribution in [3.8, 4) is 0 Å². The Morgan fingerprint density at radius 1 is 1.14 bits per heavy atom. The van der Waals surface area contributed by atoms with E-state index in [0.717, 1.165) is 9.75 Å². The molecule has 0 fully saturated rings. The topological polar surface area (TPSA) is 39.1 Å². The molecular formula is C22H22FNO2S2. The van der Waals surface area contributed by atoms with Crippen LogP contribution in [0.2, 0.25) is 0 Å². The number of hydrogen-bond donors (Lipinski definition) is 0. The molecule has 0 aliphatic heterocycles. The molecule has 0 aliphatic rings. The molecule has 0 amide bonds. The van der Waals surface area contributed by atoms with Crippen LogP contribution in [0.1, 0.15) is 36.1 Å². The number of thiazole rings is 1. The smallest absolute Gasteiger partial charge is 0.269 e. The number of carbonyl (C=O) groups excluding carboxylic acids is 1. The van der Waals surface area contributed by atoms with Crippen LogP contribution in [0.4, 0.5) is 4.39 Å². The molecule has 0 unspecified atom stereocenters. The minimum absolute atomic E-state index is 0.0745. The van der Waals surface area contributed by atoms with Crippen LogP contribution in [0.3, 0.4) is 0 Å². The SMILES string of the molecule is Cc1ccc(/C=c2\s/c(=C\C(=O)C(C)(C)C)n(Cc3ccccc3F)c2=O)s1. The normalized spacial score (nSPS) is 13.3. The monoisotopic (exact) mass is 415 g/mol. The number of hydrogen-bond acceptors (Lipinski definition) is 4. The van der Waals surface area contributed by atoms with Crippen LogP contribution in [-0.4, -0.2) is 10.4 Å². The van der Waals surface area contributed by atoms with Gasteiger partial charge < -0.3 is 0 Å². The van der Waals surface area contributed by atoms with Gasteiger partial charge in [-0.3, -0.25) is 14.2 Å². The predicted molar refractivity (Wildman–Crippen MR) is 115 cm³/mol. The van der Waals surface area contributed by atoms with E-state index in [1.807, 2.05) is 45.9 Å². The Kier molecular flexibility index (Phi) is 5.82. The maximum Gasteiger partial charge on any atom is 0.269 e. The average Bonchev–Trinajstić information content (AvgIpc) is 3.14. The van der Waals surface area contributed by atoms with E-state index in [9.17, 15) is 14.0 Å².